The summed E-state index contributed by atoms with van der Waals surface area (Å²) in [7, 11) is -3.68. The number of nitrogens with two attached hydrogens (primary N) is 1. The molecule has 2 aromatic heterocycles. The third kappa shape index (κ3) is 17.9. The lowest BCUT2D eigenvalue weighted by molar-refractivity contribution is -0.149. The van der Waals surface area contributed by atoms with Gasteiger partial charge in [0.05, 0.1) is 31.7 Å². The summed E-state index contributed by atoms with van der Waals surface area (Å²) in [6.45, 7) is 9.95. The standard InChI is InChI=1S/C34H63N6O5PS2/c1-6-7-8-9-10-11-12-13-14-15-16-17-18-19-22-48(47)23-20-21-44-46(42,39-30(5)34(41)45-28(2)3)27-43-29(4)24-40-26-38-31-32(35)36-25-37-33(31)40/h25-26,28-30H,6-24,27H2,1-5H3,(H,39,42)(H2,35,36,37)/t29-,30+,46-,48?/m1/s1. The fraction of sp³-hybridized carbons (Fsp3) is 0.824. The number of hydrogen-bond donors (Lipinski definition) is 2. The minimum atomic E-state index is -3.56. The van der Waals surface area contributed by atoms with Gasteiger partial charge in [-0.3, -0.25) is 9.36 Å². The summed E-state index contributed by atoms with van der Waals surface area (Å²) in [5.74, 6) is 1.69. The van der Waals surface area contributed by atoms with Crippen LogP contribution in [0.25, 0.3) is 11.2 Å². The molecule has 0 amide bonds. The fourth-order valence-corrected chi connectivity index (χ4v) is 9.04. The molecule has 0 bridgehead atoms. The molecule has 2 aromatic rings. The molecule has 0 saturated heterocycles. The van der Waals surface area contributed by atoms with Crippen LogP contribution in [-0.4, -0.2) is 68.2 Å². The lowest BCUT2D eigenvalue weighted by Crippen LogP contribution is -2.36. The Kier molecular flexibility index (Phi) is 21.9. The average molecular weight is 731 g/mol. The van der Waals surface area contributed by atoms with Crippen LogP contribution in [0.5, 0.6) is 0 Å². The molecule has 0 radical (unpaired) electrons. The van der Waals surface area contributed by atoms with Crippen molar-refractivity contribution in [3.63, 3.8) is 0 Å². The lowest BCUT2D eigenvalue weighted by atomic mass is 10.0. The summed E-state index contributed by atoms with van der Waals surface area (Å²) in [4.78, 5) is 25.0. The van der Waals surface area contributed by atoms with Gasteiger partial charge in [-0.25, -0.2) is 20.0 Å². The molecular formula is C34H63N6O5PS2. The van der Waals surface area contributed by atoms with Crippen molar-refractivity contribution in [1.82, 2.24) is 24.6 Å². The molecule has 0 spiro atoms. The quantitative estimate of drug-likeness (QED) is 0.0480. The Labute approximate surface area is 296 Å². The zero-order valence-electron chi connectivity index (χ0n) is 30.2. The van der Waals surface area contributed by atoms with E-state index in [9.17, 15) is 9.36 Å². The first-order valence-corrected chi connectivity index (χ1v) is 22.4. The van der Waals surface area contributed by atoms with Crippen LogP contribution in [0, 0.1) is 0 Å². The van der Waals surface area contributed by atoms with Crippen LogP contribution in [-0.2, 0) is 50.5 Å². The number of unbranched alkanes of at least 4 members (excludes halogenated alkanes) is 13. The molecule has 48 heavy (non-hydrogen) atoms. The van der Waals surface area contributed by atoms with Gasteiger partial charge in [-0.2, -0.15) is 0 Å². The zero-order chi connectivity index (χ0) is 35.2. The molecule has 14 heteroatoms. The topological polar surface area (TPSA) is 143 Å². The lowest BCUT2D eigenvalue weighted by Gasteiger charge is -2.25. The van der Waals surface area contributed by atoms with E-state index in [4.69, 9.17) is 30.9 Å². The number of rotatable bonds is 29. The van der Waals surface area contributed by atoms with E-state index in [0.29, 0.717) is 29.9 Å². The van der Waals surface area contributed by atoms with Crippen molar-refractivity contribution in [2.45, 2.75) is 156 Å². The number of imidazole rings is 1. The van der Waals surface area contributed by atoms with Gasteiger partial charge in [-0.15, -0.1) is 9.45 Å². The minimum Gasteiger partial charge on any atom is -0.462 e. The van der Waals surface area contributed by atoms with Gasteiger partial charge in [0.25, 0.3) is 7.52 Å². The predicted octanol–water partition coefficient (Wildman–Crippen LogP) is 7.86. The SMILES string of the molecule is CCCCCCCCCCCCCCCCS(=S)CCCO[P@](=O)(CO[C@H](C)Cn1cnc2c(N)ncnc21)N[C@@H](C)C(=O)OC(C)C. The molecule has 0 aliphatic carbocycles. The number of anilines is 1. The summed E-state index contributed by atoms with van der Waals surface area (Å²) >= 11 is 5.74. The largest absolute Gasteiger partial charge is 0.462 e. The van der Waals surface area contributed by atoms with Gasteiger partial charge in [0.1, 0.15) is 24.2 Å². The van der Waals surface area contributed by atoms with Gasteiger partial charge in [0, 0.05) is 5.75 Å². The highest BCUT2D eigenvalue weighted by molar-refractivity contribution is 8.28. The van der Waals surface area contributed by atoms with Gasteiger partial charge in [0.2, 0.25) is 0 Å². The van der Waals surface area contributed by atoms with Gasteiger partial charge < -0.3 is 24.3 Å². The zero-order valence-corrected chi connectivity index (χ0v) is 32.7. The highest BCUT2D eigenvalue weighted by atomic mass is 32.8. The molecule has 11 nitrogen and oxygen atoms in total. The predicted molar refractivity (Wildman–Crippen MR) is 202 cm³/mol. The van der Waals surface area contributed by atoms with Crippen molar-refractivity contribution in [3.05, 3.63) is 12.7 Å². The van der Waals surface area contributed by atoms with Crippen LogP contribution in [0.15, 0.2) is 12.7 Å². The Balaban J connectivity index is 1.69. The van der Waals surface area contributed by atoms with Crippen molar-refractivity contribution in [3.8, 4) is 0 Å². The van der Waals surface area contributed by atoms with E-state index < -0.39 is 19.5 Å². The van der Waals surface area contributed by atoms with E-state index in [1.807, 2.05) is 11.5 Å². The molecule has 0 saturated carbocycles. The van der Waals surface area contributed by atoms with Crippen LogP contribution < -0.4 is 10.8 Å². The number of esters is 1. The third-order valence-electron chi connectivity index (χ3n) is 8.05. The Hall–Kier alpha value is -1.50. The van der Waals surface area contributed by atoms with Gasteiger partial charge >= 0.3 is 5.97 Å². The maximum atomic E-state index is 13.9. The first kappa shape index (κ1) is 42.7. The molecule has 0 aliphatic rings. The van der Waals surface area contributed by atoms with Gasteiger partial charge in [-0.1, -0.05) is 102 Å². The summed E-state index contributed by atoms with van der Waals surface area (Å²) in [6, 6.07) is -0.830. The van der Waals surface area contributed by atoms with Crippen LogP contribution in [0.1, 0.15) is 131 Å². The second-order valence-corrected chi connectivity index (χ2v) is 18.3. The van der Waals surface area contributed by atoms with Gasteiger partial charge in [-0.05, 0) is 46.3 Å². The summed E-state index contributed by atoms with van der Waals surface area (Å²) < 4.78 is 32.9. The highest BCUT2D eigenvalue weighted by Gasteiger charge is 2.30. The molecule has 0 aromatic carbocycles. The fourth-order valence-electron chi connectivity index (χ4n) is 5.37. The van der Waals surface area contributed by atoms with E-state index in [1.54, 1.807) is 27.1 Å². The van der Waals surface area contributed by atoms with Crippen LogP contribution in [0.2, 0.25) is 0 Å². The number of nitrogen functional groups attached to an aromatic ring is 1. The number of nitrogens with one attached hydrogen (secondary N) is 1. The summed E-state index contributed by atoms with van der Waals surface area (Å²) in [6.07, 6.45) is 21.7. The monoisotopic (exact) mass is 730 g/mol. The normalized spacial score (nSPS) is 15.0. The molecule has 4 atom stereocenters. The Bertz CT molecular complexity index is 1250. The van der Waals surface area contributed by atoms with Crippen LogP contribution >= 0.6 is 7.52 Å². The number of carbonyl (C=O) groups excluding carboxylic acids is 1. The number of carbonyl (C=O) groups is 1. The average Bonchev–Trinajstić information content (AvgIpc) is 3.45. The molecule has 2 rings (SSSR count). The third-order valence-corrected chi connectivity index (χ3v) is 12.4. The van der Waals surface area contributed by atoms with Crippen molar-refractivity contribution in [2.24, 2.45) is 0 Å². The van der Waals surface area contributed by atoms with E-state index in [-0.39, 0.29) is 34.6 Å². The first-order chi connectivity index (χ1) is 23.0. The van der Waals surface area contributed by atoms with Gasteiger partial charge in [0.15, 0.2) is 11.5 Å². The number of nitrogens with zero attached hydrogens (tertiary/aromatic N) is 4. The van der Waals surface area contributed by atoms with E-state index in [2.05, 4.69) is 27.0 Å². The number of aromatic nitrogens is 4. The second kappa shape index (κ2) is 24.6. The number of fused-ring (bicyclic) bond motifs is 1. The molecule has 0 aliphatic heterocycles. The van der Waals surface area contributed by atoms with Crippen molar-refractivity contribution >= 4 is 51.1 Å². The smallest absolute Gasteiger partial charge is 0.323 e. The Morgan fingerprint density at radius 3 is 2.10 bits per heavy atom. The van der Waals surface area contributed by atoms with Crippen molar-refractivity contribution < 1.29 is 23.4 Å². The van der Waals surface area contributed by atoms with Crippen LogP contribution in [0.3, 0.4) is 0 Å². The first-order valence-electron chi connectivity index (χ1n) is 18.1. The molecule has 0 fully saturated rings. The number of hydrogen-bond acceptors (Lipinski definition) is 10. The maximum Gasteiger partial charge on any atom is 0.323 e. The maximum absolute atomic E-state index is 13.9. The van der Waals surface area contributed by atoms with E-state index >= 15 is 0 Å². The van der Waals surface area contributed by atoms with E-state index in [0.717, 1.165) is 17.9 Å². The highest BCUT2D eigenvalue weighted by Crippen LogP contribution is 2.43. The van der Waals surface area contributed by atoms with Crippen LogP contribution in [0.4, 0.5) is 5.82 Å². The van der Waals surface area contributed by atoms with Crippen molar-refractivity contribution in [1.29, 1.82) is 0 Å². The minimum absolute atomic E-state index is 0.122. The summed E-state index contributed by atoms with van der Waals surface area (Å²) in [5, 5.41) is 2.87. The molecular weight excluding hydrogens is 668 g/mol. The molecule has 276 valence electrons. The molecule has 2 heterocycles. The van der Waals surface area contributed by atoms with E-state index in [1.165, 1.54) is 89.8 Å². The Morgan fingerprint density at radius 1 is 0.917 bits per heavy atom. The molecule has 1 unspecified atom stereocenters. The Morgan fingerprint density at radius 2 is 1.50 bits per heavy atom. The molecule has 3 N–H and O–H groups in total. The number of ether oxygens (including phenoxy) is 2. The second-order valence-electron chi connectivity index (χ2n) is 13.1. The summed E-state index contributed by atoms with van der Waals surface area (Å²) in [5.41, 5.74) is 7.01. The van der Waals surface area contributed by atoms with Crippen molar-refractivity contribution in [2.75, 3.05) is 30.2 Å².